The van der Waals surface area contributed by atoms with Gasteiger partial charge in [0, 0.05) is 6.07 Å². The summed E-state index contributed by atoms with van der Waals surface area (Å²) in [5, 5.41) is 18.7. The summed E-state index contributed by atoms with van der Waals surface area (Å²) in [6, 6.07) is 4.42. The van der Waals surface area contributed by atoms with E-state index < -0.39 is 29.8 Å². The largest absolute Gasteiger partial charge is 0.497 e. The predicted octanol–water partition coefficient (Wildman–Crippen LogP) is 0.0601. The number of anilines is 1. The summed E-state index contributed by atoms with van der Waals surface area (Å²) >= 11 is 0. The lowest BCUT2D eigenvalue weighted by Crippen LogP contribution is -2.48. The van der Waals surface area contributed by atoms with Gasteiger partial charge in [0.25, 0.3) is 11.7 Å². The van der Waals surface area contributed by atoms with Crippen molar-refractivity contribution in [1.82, 2.24) is 0 Å². The minimum atomic E-state index is -2.15. The number of β-amino-alcohol motifs (C(OH)–C–C–N with tert-alkyl or cyclic N) is 1. The summed E-state index contributed by atoms with van der Waals surface area (Å²) in [5.41, 5.74) is -1.75. The quantitative estimate of drug-likeness (QED) is 0.755. The Kier molecular flexibility index (Phi) is 3.23. The van der Waals surface area contributed by atoms with Crippen LogP contribution in [-0.2, 0) is 9.59 Å². The van der Waals surface area contributed by atoms with Gasteiger partial charge in [0.2, 0.25) is 0 Å². The second kappa shape index (κ2) is 4.61. The maximum atomic E-state index is 11.9. The lowest BCUT2D eigenvalue weighted by atomic mass is 10.1. The molecule has 1 aromatic carbocycles. The number of hydrogen-bond acceptors (Lipinski definition) is 5. The molecule has 1 unspecified atom stereocenters. The van der Waals surface area contributed by atoms with Crippen molar-refractivity contribution in [3.05, 3.63) is 23.8 Å². The number of aliphatic carboxylic acids is 1. The Morgan fingerprint density at radius 2 is 2.05 bits per heavy atom. The van der Waals surface area contributed by atoms with Crippen LogP contribution in [0.15, 0.2) is 18.2 Å². The van der Waals surface area contributed by atoms with Crippen molar-refractivity contribution in [2.45, 2.75) is 12.5 Å². The second-order valence-electron chi connectivity index (χ2n) is 4.68. The number of aliphatic hydroxyl groups is 1. The lowest BCUT2D eigenvalue weighted by molar-refractivity contribution is -0.155. The number of ether oxygens (including phenoxy) is 1. The Hall–Kier alpha value is -2.41. The van der Waals surface area contributed by atoms with Crippen LogP contribution in [0.1, 0.15) is 17.3 Å². The van der Waals surface area contributed by atoms with E-state index in [-0.39, 0.29) is 11.3 Å². The van der Waals surface area contributed by atoms with E-state index in [2.05, 4.69) is 0 Å². The van der Waals surface area contributed by atoms with Crippen LogP contribution in [0.4, 0.5) is 5.69 Å². The number of methoxy groups -OCH3 is 1. The molecule has 0 fully saturated rings. The zero-order chi connectivity index (χ0) is 15.1. The van der Waals surface area contributed by atoms with E-state index in [9.17, 15) is 19.5 Å². The van der Waals surface area contributed by atoms with Crippen molar-refractivity contribution < 1.29 is 29.3 Å². The summed E-state index contributed by atoms with van der Waals surface area (Å²) in [6.45, 7) is 0.540. The Labute approximate surface area is 114 Å². The summed E-state index contributed by atoms with van der Waals surface area (Å²) in [4.78, 5) is 35.6. The zero-order valence-corrected chi connectivity index (χ0v) is 10.9. The van der Waals surface area contributed by atoms with Gasteiger partial charge in [-0.3, -0.25) is 9.59 Å². The third-order valence-electron chi connectivity index (χ3n) is 3.11. The number of carbonyl (C=O) groups excluding carboxylic acids is 2. The SMILES string of the molecule is COc1ccc2c(c1)N(CC(C)(O)C(=O)O)C(=O)C2=O. The summed E-state index contributed by atoms with van der Waals surface area (Å²) in [5.74, 6) is -2.65. The highest BCUT2D eigenvalue weighted by Gasteiger charge is 2.42. The molecule has 0 bridgehead atoms. The van der Waals surface area contributed by atoms with Gasteiger partial charge in [-0.2, -0.15) is 0 Å². The van der Waals surface area contributed by atoms with Crippen LogP contribution in [0.3, 0.4) is 0 Å². The predicted molar refractivity (Wildman–Crippen MR) is 67.9 cm³/mol. The van der Waals surface area contributed by atoms with E-state index in [0.29, 0.717) is 5.75 Å². The summed E-state index contributed by atoms with van der Waals surface area (Å²) in [6.07, 6.45) is 0. The van der Waals surface area contributed by atoms with Gasteiger partial charge in [-0.15, -0.1) is 0 Å². The Bertz CT molecular complexity index is 607. The molecular weight excluding hydrogens is 266 g/mol. The average Bonchev–Trinajstić information content (AvgIpc) is 2.63. The number of hydrogen-bond donors (Lipinski definition) is 2. The molecular formula is C13H13NO6. The van der Waals surface area contributed by atoms with Gasteiger partial charge >= 0.3 is 5.97 Å². The van der Waals surface area contributed by atoms with Gasteiger partial charge in [0.15, 0.2) is 5.60 Å². The van der Waals surface area contributed by atoms with Gasteiger partial charge in [-0.25, -0.2) is 4.79 Å². The first kappa shape index (κ1) is 14.0. The number of carboxylic acid groups (broad SMARTS) is 1. The van der Waals surface area contributed by atoms with Gasteiger partial charge < -0.3 is 19.8 Å². The van der Waals surface area contributed by atoms with Crippen LogP contribution in [0.5, 0.6) is 5.75 Å². The number of Topliss-reactive ketones (excluding diaryl/α,β-unsaturated/α-hetero) is 1. The molecule has 1 aromatic rings. The van der Waals surface area contributed by atoms with Crippen LogP contribution in [0.2, 0.25) is 0 Å². The Morgan fingerprint density at radius 3 is 2.60 bits per heavy atom. The van der Waals surface area contributed by atoms with Crippen molar-refractivity contribution in [3.8, 4) is 5.75 Å². The fraction of sp³-hybridized carbons (Fsp3) is 0.308. The van der Waals surface area contributed by atoms with Crippen LogP contribution in [-0.4, -0.2) is 47.1 Å². The normalized spacial score (nSPS) is 16.9. The fourth-order valence-corrected chi connectivity index (χ4v) is 1.93. The van der Waals surface area contributed by atoms with Crippen molar-refractivity contribution in [2.24, 2.45) is 0 Å². The highest BCUT2D eigenvalue weighted by molar-refractivity contribution is 6.52. The number of amides is 1. The highest BCUT2D eigenvalue weighted by atomic mass is 16.5. The van der Waals surface area contributed by atoms with Crippen molar-refractivity contribution >= 4 is 23.3 Å². The number of carboxylic acids is 1. The van der Waals surface area contributed by atoms with E-state index in [1.54, 1.807) is 0 Å². The number of rotatable bonds is 4. The maximum absolute atomic E-state index is 11.9. The molecule has 0 saturated heterocycles. The van der Waals surface area contributed by atoms with Crippen LogP contribution < -0.4 is 9.64 Å². The van der Waals surface area contributed by atoms with Gasteiger partial charge in [0.05, 0.1) is 24.9 Å². The molecule has 20 heavy (non-hydrogen) atoms. The first-order valence-electron chi connectivity index (χ1n) is 5.78. The van der Waals surface area contributed by atoms with E-state index >= 15 is 0 Å². The fourth-order valence-electron chi connectivity index (χ4n) is 1.93. The summed E-state index contributed by atoms with van der Waals surface area (Å²) < 4.78 is 5.01. The third-order valence-corrected chi connectivity index (χ3v) is 3.11. The molecule has 1 aliphatic rings. The minimum Gasteiger partial charge on any atom is -0.497 e. The summed E-state index contributed by atoms with van der Waals surface area (Å²) in [7, 11) is 1.43. The van der Waals surface area contributed by atoms with E-state index in [1.165, 1.54) is 25.3 Å². The molecule has 0 spiro atoms. The molecule has 106 valence electrons. The first-order valence-corrected chi connectivity index (χ1v) is 5.78. The topological polar surface area (TPSA) is 104 Å². The zero-order valence-electron chi connectivity index (χ0n) is 10.9. The highest BCUT2D eigenvalue weighted by Crippen LogP contribution is 2.33. The first-order chi connectivity index (χ1) is 9.27. The molecule has 1 aliphatic heterocycles. The van der Waals surface area contributed by atoms with Crippen LogP contribution >= 0.6 is 0 Å². The van der Waals surface area contributed by atoms with Gasteiger partial charge in [-0.05, 0) is 19.1 Å². The Morgan fingerprint density at radius 1 is 1.40 bits per heavy atom. The second-order valence-corrected chi connectivity index (χ2v) is 4.68. The number of nitrogens with zero attached hydrogens (tertiary/aromatic N) is 1. The van der Waals surface area contributed by atoms with Crippen molar-refractivity contribution in [3.63, 3.8) is 0 Å². The molecule has 2 N–H and O–H groups in total. The van der Waals surface area contributed by atoms with Crippen molar-refractivity contribution in [1.29, 1.82) is 0 Å². The van der Waals surface area contributed by atoms with E-state index in [1.807, 2.05) is 0 Å². The monoisotopic (exact) mass is 279 g/mol. The molecule has 2 rings (SSSR count). The molecule has 1 amide bonds. The van der Waals surface area contributed by atoms with E-state index in [4.69, 9.17) is 9.84 Å². The van der Waals surface area contributed by atoms with Gasteiger partial charge in [0.1, 0.15) is 5.75 Å². The van der Waals surface area contributed by atoms with Crippen LogP contribution in [0, 0.1) is 0 Å². The van der Waals surface area contributed by atoms with Gasteiger partial charge in [-0.1, -0.05) is 0 Å². The van der Waals surface area contributed by atoms with E-state index in [0.717, 1.165) is 11.8 Å². The standard InChI is InChI=1S/C13H13NO6/c1-13(19,12(17)18)6-14-9-5-7(20-2)3-4-8(9)10(15)11(14)16/h3-5,19H,6H2,1-2H3,(H,17,18). The molecule has 0 radical (unpaired) electrons. The van der Waals surface area contributed by atoms with Crippen LogP contribution in [0.25, 0.3) is 0 Å². The third kappa shape index (κ3) is 2.12. The lowest BCUT2D eigenvalue weighted by Gasteiger charge is -2.25. The molecule has 0 aromatic heterocycles. The number of carbonyl (C=O) groups is 3. The molecule has 0 saturated carbocycles. The number of ketones is 1. The molecule has 7 heteroatoms. The smallest absolute Gasteiger partial charge is 0.337 e. The van der Waals surface area contributed by atoms with Crippen molar-refractivity contribution in [2.75, 3.05) is 18.6 Å². The Balaban J connectivity index is 2.44. The molecule has 0 aliphatic carbocycles. The molecule has 1 atom stereocenters. The molecule has 7 nitrogen and oxygen atoms in total. The minimum absolute atomic E-state index is 0.164. The average molecular weight is 279 g/mol. The molecule has 1 heterocycles. The number of benzene rings is 1. The number of fused-ring (bicyclic) bond motifs is 1. The maximum Gasteiger partial charge on any atom is 0.337 e.